The fraction of sp³-hybridized carbons (Fsp3) is 0.500. The summed E-state index contributed by atoms with van der Waals surface area (Å²) in [5.41, 5.74) is 1.25. The van der Waals surface area contributed by atoms with Crippen LogP contribution in [-0.4, -0.2) is 35.0 Å². The Labute approximate surface area is 126 Å². The summed E-state index contributed by atoms with van der Waals surface area (Å²) in [5, 5.41) is 3.28. The number of carbonyl (C=O) groups excluding carboxylic acids is 1. The molecule has 1 amide bonds. The summed E-state index contributed by atoms with van der Waals surface area (Å²) in [6.07, 6.45) is 2.18. The molecule has 5 heteroatoms. The minimum Gasteiger partial charge on any atom is -0.334 e. The predicted molar refractivity (Wildman–Crippen MR) is 82.1 cm³/mol. The molecule has 3 nitrogen and oxygen atoms in total. The maximum absolute atomic E-state index is 12.5. The molecule has 2 fully saturated rings. The Balaban J connectivity index is 1.77. The van der Waals surface area contributed by atoms with Gasteiger partial charge in [-0.05, 0) is 30.5 Å². The lowest BCUT2D eigenvalue weighted by Gasteiger charge is -2.27. The molecule has 1 aromatic carbocycles. The second kappa shape index (κ2) is 5.85. The molecule has 1 N–H and O–H groups in total. The first-order valence-electron chi connectivity index (χ1n) is 6.63. The molecule has 0 aromatic heterocycles. The van der Waals surface area contributed by atoms with Gasteiger partial charge in [-0.25, -0.2) is 0 Å². The highest BCUT2D eigenvalue weighted by Gasteiger charge is 2.35. The Bertz CT molecular complexity index is 459. The molecule has 1 aromatic rings. The van der Waals surface area contributed by atoms with Crippen LogP contribution in [0.5, 0.6) is 0 Å². The largest absolute Gasteiger partial charge is 0.334 e. The van der Waals surface area contributed by atoms with E-state index in [0.717, 1.165) is 35.5 Å². The molecular formula is C14H17BrN2OS. The van der Waals surface area contributed by atoms with Gasteiger partial charge in [0.25, 0.3) is 0 Å². The van der Waals surface area contributed by atoms with Crippen LogP contribution in [0.1, 0.15) is 24.4 Å². The van der Waals surface area contributed by atoms with Crippen molar-refractivity contribution in [3.63, 3.8) is 0 Å². The lowest BCUT2D eigenvalue weighted by atomic mass is 10.0. The van der Waals surface area contributed by atoms with Crippen LogP contribution < -0.4 is 5.32 Å². The zero-order chi connectivity index (χ0) is 13.2. The van der Waals surface area contributed by atoms with E-state index in [-0.39, 0.29) is 18.0 Å². The quantitative estimate of drug-likeness (QED) is 0.898. The number of nitrogens with one attached hydrogen (secondary N) is 1. The van der Waals surface area contributed by atoms with E-state index in [2.05, 4.69) is 50.4 Å². The molecule has 2 aliphatic heterocycles. The minimum atomic E-state index is 0.0149. The average molecular weight is 341 g/mol. The highest BCUT2D eigenvalue weighted by Crippen LogP contribution is 2.33. The van der Waals surface area contributed by atoms with E-state index >= 15 is 0 Å². The molecule has 0 bridgehead atoms. The molecular weight excluding hydrogens is 324 g/mol. The second-order valence-electron chi connectivity index (χ2n) is 5.01. The van der Waals surface area contributed by atoms with Gasteiger partial charge in [-0.1, -0.05) is 28.1 Å². The van der Waals surface area contributed by atoms with E-state index in [4.69, 9.17) is 0 Å². The third-order valence-corrected chi connectivity index (χ3v) is 5.27. The third kappa shape index (κ3) is 2.83. The van der Waals surface area contributed by atoms with Crippen molar-refractivity contribution < 1.29 is 4.79 Å². The van der Waals surface area contributed by atoms with Gasteiger partial charge in [-0.15, -0.1) is 11.8 Å². The van der Waals surface area contributed by atoms with Crippen LogP contribution >= 0.6 is 27.7 Å². The second-order valence-corrected chi connectivity index (χ2v) is 6.96. The first-order chi connectivity index (χ1) is 9.25. The average Bonchev–Trinajstić information content (AvgIpc) is 3.10. The number of amides is 1. The molecule has 0 saturated carbocycles. The van der Waals surface area contributed by atoms with Gasteiger partial charge < -0.3 is 4.90 Å². The molecule has 3 rings (SSSR count). The Morgan fingerprint density at radius 2 is 2.16 bits per heavy atom. The molecule has 2 heterocycles. The van der Waals surface area contributed by atoms with Gasteiger partial charge in [-0.3, -0.25) is 10.1 Å². The molecule has 2 aliphatic rings. The normalized spacial score (nSPS) is 26.9. The van der Waals surface area contributed by atoms with Gasteiger partial charge in [0.15, 0.2) is 0 Å². The van der Waals surface area contributed by atoms with Crippen molar-refractivity contribution in [2.24, 2.45) is 0 Å². The molecule has 2 atom stereocenters. The first kappa shape index (κ1) is 13.5. The van der Waals surface area contributed by atoms with E-state index in [1.807, 2.05) is 0 Å². The number of hydrogen-bond acceptors (Lipinski definition) is 3. The van der Waals surface area contributed by atoms with Crippen molar-refractivity contribution in [1.29, 1.82) is 0 Å². The van der Waals surface area contributed by atoms with E-state index in [1.54, 1.807) is 11.8 Å². The van der Waals surface area contributed by atoms with Gasteiger partial charge in [-0.2, -0.15) is 0 Å². The maximum Gasteiger partial charge on any atom is 0.241 e. The van der Waals surface area contributed by atoms with Crippen LogP contribution in [0.4, 0.5) is 0 Å². The van der Waals surface area contributed by atoms with Crippen molar-refractivity contribution in [1.82, 2.24) is 10.2 Å². The van der Waals surface area contributed by atoms with Crippen molar-refractivity contribution >= 4 is 33.6 Å². The fourth-order valence-electron chi connectivity index (χ4n) is 2.82. The van der Waals surface area contributed by atoms with Crippen LogP contribution in [0, 0.1) is 0 Å². The van der Waals surface area contributed by atoms with Crippen LogP contribution in [0.2, 0.25) is 0 Å². The summed E-state index contributed by atoms with van der Waals surface area (Å²) in [6, 6.07) is 8.63. The number of likely N-dealkylation sites (tertiary alicyclic amines) is 1. The van der Waals surface area contributed by atoms with Crippen molar-refractivity contribution in [2.75, 3.05) is 18.2 Å². The van der Waals surface area contributed by atoms with Gasteiger partial charge in [0.1, 0.15) is 0 Å². The SMILES string of the molecule is O=C(C1CSCN1)N1CCCC1c1ccc(Br)cc1. The van der Waals surface area contributed by atoms with Gasteiger partial charge in [0, 0.05) is 22.6 Å². The number of carbonyl (C=O) groups is 1. The highest BCUT2D eigenvalue weighted by atomic mass is 79.9. The molecule has 2 unspecified atom stereocenters. The number of rotatable bonds is 2. The van der Waals surface area contributed by atoms with Crippen LogP contribution in [-0.2, 0) is 4.79 Å². The summed E-state index contributed by atoms with van der Waals surface area (Å²) in [7, 11) is 0. The highest BCUT2D eigenvalue weighted by molar-refractivity contribution is 9.10. The molecule has 0 spiro atoms. The minimum absolute atomic E-state index is 0.0149. The smallest absolute Gasteiger partial charge is 0.241 e. The van der Waals surface area contributed by atoms with Crippen molar-refractivity contribution in [2.45, 2.75) is 24.9 Å². The molecule has 2 saturated heterocycles. The summed E-state index contributed by atoms with van der Waals surface area (Å²) in [4.78, 5) is 14.6. The summed E-state index contributed by atoms with van der Waals surface area (Å²) in [6.45, 7) is 0.891. The zero-order valence-corrected chi connectivity index (χ0v) is 13.0. The van der Waals surface area contributed by atoms with Gasteiger partial charge in [0.05, 0.1) is 12.1 Å². The number of thioether (sulfide) groups is 1. The van der Waals surface area contributed by atoms with Gasteiger partial charge >= 0.3 is 0 Å². The Morgan fingerprint density at radius 1 is 1.37 bits per heavy atom. The summed E-state index contributed by atoms with van der Waals surface area (Å²) in [5.74, 6) is 2.07. The van der Waals surface area contributed by atoms with Gasteiger partial charge in [0.2, 0.25) is 5.91 Å². The zero-order valence-electron chi connectivity index (χ0n) is 10.6. The van der Waals surface area contributed by atoms with Crippen molar-refractivity contribution in [3.8, 4) is 0 Å². The number of hydrogen-bond donors (Lipinski definition) is 1. The molecule has 0 radical (unpaired) electrons. The summed E-state index contributed by atoms with van der Waals surface area (Å²) >= 11 is 5.26. The van der Waals surface area contributed by atoms with Crippen LogP contribution in [0.25, 0.3) is 0 Å². The predicted octanol–water partition coefficient (Wildman–Crippen LogP) is 2.78. The fourth-order valence-corrected chi connectivity index (χ4v) is 4.01. The maximum atomic E-state index is 12.5. The van der Waals surface area contributed by atoms with E-state index in [0.29, 0.717) is 0 Å². The Hall–Kier alpha value is -0.520. The van der Waals surface area contributed by atoms with Crippen LogP contribution in [0.3, 0.4) is 0 Å². The number of halogens is 1. The van der Waals surface area contributed by atoms with Crippen LogP contribution in [0.15, 0.2) is 28.7 Å². The third-order valence-electron chi connectivity index (χ3n) is 3.81. The number of nitrogens with zero attached hydrogens (tertiary/aromatic N) is 1. The Kier molecular flexibility index (Phi) is 4.15. The van der Waals surface area contributed by atoms with E-state index in [9.17, 15) is 4.79 Å². The number of benzene rings is 1. The van der Waals surface area contributed by atoms with Crippen molar-refractivity contribution in [3.05, 3.63) is 34.3 Å². The molecule has 0 aliphatic carbocycles. The standard InChI is InChI=1S/C14H17BrN2OS/c15-11-5-3-10(4-6-11)13-2-1-7-17(13)14(18)12-8-19-9-16-12/h3-6,12-13,16H,1-2,7-9H2. The van der Waals surface area contributed by atoms with E-state index < -0.39 is 0 Å². The lowest BCUT2D eigenvalue weighted by molar-refractivity contribution is -0.133. The monoisotopic (exact) mass is 340 g/mol. The lowest BCUT2D eigenvalue weighted by Crippen LogP contribution is -2.44. The molecule has 19 heavy (non-hydrogen) atoms. The topological polar surface area (TPSA) is 32.3 Å². The van der Waals surface area contributed by atoms with E-state index in [1.165, 1.54) is 5.56 Å². The first-order valence-corrected chi connectivity index (χ1v) is 8.57. The summed E-state index contributed by atoms with van der Waals surface area (Å²) < 4.78 is 1.08. The molecule has 102 valence electrons. The Morgan fingerprint density at radius 3 is 2.84 bits per heavy atom.